The monoisotopic (exact) mass is 353 g/mol. The van der Waals surface area contributed by atoms with E-state index in [1.807, 2.05) is 19.9 Å². The highest BCUT2D eigenvalue weighted by Gasteiger charge is 2.24. The maximum atomic E-state index is 13.0. The topological polar surface area (TPSA) is 82.0 Å². The van der Waals surface area contributed by atoms with Crippen LogP contribution in [0.25, 0.3) is 0 Å². The number of nitrogens with zero attached hydrogens (tertiary/aromatic N) is 1. The first-order valence-corrected chi connectivity index (χ1v) is 8.24. The molecule has 5 nitrogen and oxygen atoms in total. The number of rotatable bonds is 6. The molecule has 0 aliphatic heterocycles. The van der Waals surface area contributed by atoms with E-state index in [1.165, 1.54) is 24.3 Å². The quantitative estimate of drug-likeness (QED) is 0.838. The van der Waals surface area contributed by atoms with Gasteiger partial charge in [0.2, 0.25) is 5.91 Å². The first-order valence-electron chi connectivity index (χ1n) is 8.24. The molecule has 2 N–H and O–H groups in total. The highest BCUT2D eigenvalue weighted by Crippen LogP contribution is 2.08. The van der Waals surface area contributed by atoms with Crippen molar-refractivity contribution in [1.82, 2.24) is 10.6 Å². The summed E-state index contributed by atoms with van der Waals surface area (Å²) in [6.07, 6.45) is 0. The average Bonchev–Trinajstić information content (AvgIpc) is 2.64. The van der Waals surface area contributed by atoms with Crippen LogP contribution in [0, 0.1) is 23.1 Å². The van der Waals surface area contributed by atoms with Gasteiger partial charge in [-0.05, 0) is 47.9 Å². The van der Waals surface area contributed by atoms with Gasteiger partial charge in [-0.3, -0.25) is 9.59 Å². The molecule has 134 valence electrons. The number of carbonyl (C=O) groups is 2. The molecule has 6 heteroatoms. The van der Waals surface area contributed by atoms with Crippen LogP contribution in [0.15, 0.2) is 48.5 Å². The molecule has 1 atom stereocenters. The fourth-order valence-corrected chi connectivity index (χ4v) is 2.36. The predicted octanol–water partition coefficient (Wildman–Crippen LogP) is 2.77. The predicted molar refractivity (Wildman–Crippen MR) is 95.5 cm³/mol. The van der Waals surface area contributed by atoms with Crippen molar-refractivity contribution in [2.24, 2.45) is 5.92 Å². The van der Waals surface area contributed by atoms with Crippen LogP contribution in [0.5, 0.6) is 0 Å². The van der Waals surface area contributed by atoms with E-state index in [-0.39, 0.29) is 17.4 Å². The molecule has 0 heterocycles. The zero-order valence-electron chi connectivity index (χ0n) is 14.6. The molecule has 0 aromatic heterocycles. The molecule has 2 aromatic rings. The molecule has 0 bridgehead atoms. The number of hydrogen-bond acceptors (Lipinski definition) is 3. The molecule has 1 unspecified atom stereocenters. The Hall–Kier alpha value is -3.20. The molecule has 0 saturated carbocycles. The van der Waals surface area contributed by atoms with Gasteiger partial charge in [-0.15, -0.1) is 0 Å². The van der Waals surface area contributed by atoms with Crippen molar-refractivity contribution in [1.29, 1.82) is 5.26 Å². The van der Waals surface area contributed by atoms with Crippen LogP contribution in [0.2, 0.25) is 0 Å². The Morgan fingerprint density at radius 3 is 2.23 bits per heavy atom. The molecule has 0 aliphatic rings. The minimum Gasteiger partial charge on any atom is -0.350 e. The number of amides is 2. The lowest BCUT2D eigenvalue weighted by molar-refractivity contribution is -0.124. The summed E-state index contributed by atoms with van der Waals surface area (Å²) >= 11 is 0. The van der Waals surface area contributed by atoms with E-state index in [0.717, 1.165) is 5.56 Å². The molecule has 2 amide bonds. The lowest BCUT2D eigenvalue weighted by Crippen LogP contribution is -2.49. The fourth-order valence-electron chi connectivity index (χ4n) is 2.36. The number of nitriles is 1. The van der Waals surface area contributed by atoms with Crippen LogP contribution in [-0.4, -0.2) is 17.9 Å². The Bertz CT molecular complexity index is 808. The van der Waals surface area contributed by atoms with E-state index >= 15 is 0 Å². The van der Waals surface area contributed by atoms with Gasteiger partial charge in [-0.2, -0.15) is 5.26 Å². The van der Waals surface area contributed by atoms with Crippen molar-refractivity contribution < 1.29 is 14.0 Å². The molecule has 2 aromatic carbocycles. The van der Waals surface area contributed by atoms with Crippen molar-refractivity contribution in [3.05, 3.63) is 71.0 Å². The number of hydrogen-bond donors (Lipinski definition) is 2. The number of carbonyl (C=O) groups excluding carboxylic acids is 2. The van der Waals surface area contributed by atoms with Gasteiger partial charge in [-0.1, -0.05) is 26.0 Å². The Morgan fingerprint density at radius 2 is 1.69 bits per heavy atom. The zero-order valence-corrected chi connectivity index (χ0v) is 14.6. The summed E-state index contributed by atoms with van der Waals surface area (Å²) < 4.78 is 13.0. The van der Waals surface area contributed by atoms with Gasteiger partial charge in [0.25, 0.3) is 5.91 Å². The summed E-state index contributed by atoms with van der Waals surface area (Å²) in [4.78, 5) is 24.7. The fraction of sp³-hybridized carbons (Fsp3) is 0.250. The van der Waals surface area contributed by atoms with Gasteiger partial charge in [0.05, 0.1) is 11.6 Å². The standard InChI is InChI=1S/C20H20FN3O2/c1-13(2)18(24-19(25)16-7-9-17(21)10-8-16)20(26)23-12-15-5-3-14(11-22)4-6-15/h3-10,13,18H,12H2,1-2H3,(H,23,26)(H,24,25). The van der Waals surface area contributed by atoms with Gasteiger partial charge in [0.15, 0.2) is 0 Å². The Kier molecular flexibility index (Phi) is 6.45. The van der Waals surface area contributed by atoms with E-state index in [9.17, 15) is 14.0 Å². The SMILES string of the molecule is CC(C)C(NC(=O)c1ccc(F)cc1)C(=O)NCc1ccc(C#N)cc1. The van der Waals surface area contributed by atoms with Crippen LogP contribution in [0.4, 0.5) is 4.39 Å². The molecule has 0 saturated heterocycles. The Morgan fingerprint density at radius 1 is 1.08 bits per heavy atom. The molecule has 26 heavy (non-hydrogen) atoms. The lowest BCUT2D eigenvalue weighted by Gasteiger charge is -2.22. The van der Waals surface area contributed by atoms with Gasteiger partial charge < -0.3 is 10.6 Å². The van der Waals surface area contributed by atoms with E-state index in [1.54, 1.807) is 24.3 Å². The van der Waals surface area contributed by atoms with Gasteiger partial charge in [0, 0.05) is 12.1 Å². The molecule has 2 rings (SSSR count). The molecular formula is C20H20FN3O2. The van der Waals surface area contributed by atoms with E-state index in [4.69, 9.17) is 5.26 Å². The summed E-state index contributed by atoms with van der Waals surface area (Å²) in [5.41, 5.74) is 1.69. The second-order valence-corrected chi connectivity index (χ2v) is 6.23. The minimum atomic E-state index is -0.717. The normalized spacial score (nSPS) is 11.5. The summed E-state index contributed by atoms with van der Waals surface area (Å²) in [6.45, 7) is 3.95. The highest BCUT2D eigenvalue weighted by molar-refractivity contribution is 5.97. The molecule has 0 radical (unpaired) electrons. The minimum absolute atomic E-state index is 0.125. The summed E-state index contributed by atoms with van der Waals surface area (Å²) in [7, 11) is 0. The highest BCUT2D eigenvalue weighted by atomic mass is 19.1. The summed E-state index contributed by atoms with van der Waals surface area (Å²) in [5.74, 6) is -1.29. The third kappa shape index (κ3) is 5.15. The average molecular weight is 353 g/mol. The van der Waals surface area contributed by atoms with E-state index < -0.39 is 17.8 Å². The smallest absolute Gasteiger partial charge is 0.251 e. The number of nitrogens with one attached hydrogen (secondary N) is 2. The van der Waals surface area contributed by atoms with Gasteiger partial charge >= 0.3 is 0 Å². The third-order valence-corrected chi connectivity index (χ3v) is 3.89. The third-order valence-electron chi connectivity index (χ3n) is 3.89. The van der Waals surface area contributed by atoms with Gasteiger partial charge in [0.1, 0.15) is 11.9 Å². The van der Waals surface area contributed by atoms with Gasteiger partial charge in [-0.25, -0.2) is 4.39 Å². The van der Waals surface area contributed by atoms with Crippen LogP contribution >= 0.6 is 0 Å². The van der Waals surface area contributed by atoms with Crippen molar-refractivity contribution in [3.8, 4) is 6.07 Å². The summed E-state index contributed by atoms with van der Waals surface area (Å²) in [6, 6.07) is 13.3. The molecule has 0 fully saturated rings. The zero-order chi connectivity index (χ0) is 19.1. The lowest BCUT2D eigenvalue weighted by atomic mass is 10.0. The van der Waals surface area contributed by atoms with Crippen molar-refractivity contribution in [2.75, 3.05) is 0 Å². The summed E-state index contributed by atoms with van der Waals surface area (Å²) in [5, 5.41) is 14.3. The Balaban J connectivity index is 1.99. The number of benzene rings is 2. The first kappa shape index (κ1) is 19.1. The maximum absolute atomic E-state index is 13.0. The van der Waals surface area contributed by atoms with Crippen LogP contribution in [0.3, 0.4) is 0 Å². The van der Waals surface area contributed by atoms with Crippen LogP contribution < -0.4 is 10.6 Å². The van der Waals surface area contributed by atoms with E-state index in [2.05, 4.69) is 10.6 Å². The largest absolute Gasteiger partial charge is 0.350 e. The van der Waals surface area contributed by atoms with Crippen LogP contribution in [-0.2, 0) is 11.3 Å². The molecule has 0 spiro atoms. The molecular weight excluding hydrogens is 333 g/mol. The van der Waals surface area contributed by atoms with E-state index in [0.29, 0.717) is 12.1 Å². The first-order chi connectivity index (χ1) is 12.4. The Labute approximate surface area is 151 Å². The second-order valence-electron chi connectivity index (χ2n) is 6.23. The van der Waals surface area contributed by atoms with Crippen molar-refractivity contribution in [3.63, 3.8) is 0 Å². The van der Waals surface area contributed by atoms with Crippen molar-refractivity contribution in [2.45, 2.75) is 26.4 Å². The molecule has 0 aliphatic carbocycles. The second kappa shape index (κ2) is 8.77. The van der Waals surface area contributed by atoms with Crippen LogP contribution in [0.1, 0.15) is 35.3 Å². The van der Waals surface area contributed by atoms with Crippen molar-refractivity contribution >= 4 is 11.8 Å². The number of halogens is 1. The maximum Gasteiger partial charge on any atom is 0.251 e.